The lowest BCUT2D eigenvalue weighted by Gasteiger charge is -2.02. The summed E-state index contributed by atoms with van der Waals surface area (Å²) in [5.41, 5.74) is 6.03. The molecule has 1 amide bonds. The van der Waals surface area contributed by atoms with Gasteiger partial charge in [-0.1, -0.05) is 11.6 Å². The van der Waals surface area contributed by atoms with Crippen molar-refractivity contribution in [3.8, 4) is 0 Å². The van der Waals surface area contributed by atoms with Gasteiger partial charge in [0.15, 0.2) is 0 Å². The third-order valence-electron chi connectivity index (χ3n) is 1.85. The first-order chi connectivity index (χ1) is 7.66. The van der Waals surface area contributed by atoms with E-state index in [9.17, 15) is 4.79 Å². The number of anilines is 2. The second kappa shape index (κ2) is 4.51. The monoisotopic (exact) mass is 253 g/mol. The number of aromatic nitrogens is 1. The number of carbonyl (C=O) groups excluding carboxylic acids is 1. The highest BCUT2D eigenvalue weighted by Crippen LogP contribution is 2.22. The SMILES string of the molecule is Nc1ccc(NC(=O)c2sccc2Cl)nc1. The maximum absolute atomic E-state index is 11.7. The van der Waals surface area contributed by atoms with Gasteiger partial charge in [0.05, 0.1) is 16.9 Å². The van der Waals surface area contributed by atoms with Crippen molar-refractivity contribution < 1.29 is 4.79 Å². The molecule has 0 radical (unpaired) electrons. The minimum atomic E-state index is -0.266. The summed E-state index contributed by atoms with van der Waals surface area (Å²) in [7, 11) is 0. The number of nitrogens with two attached hydrogens (primary N) is 1. The molecule has 0 aromatic carbocycles. The fraction of sp³-hybridized carbons (Fsp3) is 0. The summed E-state index contributed by atoms with van der Waals surface area (Å²) in [4.78, 5) is 16.2. The number of rotatable bonds is 2. The van der Waals surface area contributed by atoms with Gasteiger partial charge in [-0.2, -0.15) is 0 Å². The summed E-state index contributed by atoms with van der Waals surface area (Å²) in [6, 6.07) is 4.98. The van der Waals surface area contributed by atoms with Crippen molar-refractivity contribution in [3.63, 3.8) is 0 Å². The van der Waals surface area contributed by atoms with Crippen LogP contribution in [-0.4, -0.2) is 10.9 Å². The summed E-state index contributed by atoms with van der Waals surface area (Å²) < 4.78 is 0. The average molecular weight is 254 g/mol. The summed E-state index contributed by atoms with van der Waals surface area (Å²) in [5.74, 6) is 0.181. The highest BCUT2D eigenvalue weighted by Gasteiger charge is 2.12. The second-order valence-corrected chi connectivity index (χ2v) is 4.35. The number of thiophene rings is 1. The molecule has 0 saturated carbocycles. The Labute approximate surface area is 101 Å². The van der Waals surface area contributed by atoms with E-state index in [1.165, 1.54) is 17.5 Å². The van der Waals surface area contributed by atoms with Crippen LogP contribution in [-0.2, 0) is 0 Å². The van der Waals surface area contributed by atoms with Gasteiger partial charge in [-0.3, -0.25) is 4.79 Å². The molecule has 0 aliphatic heterocycles. The average Bonchev–Trinajstić information content (AvgIpc) is 2.68. The minimum absolute atomic E-state index is 0.266. The van der Waals surface area contributed by atoms with Crippen molar-refractivity contribution >= 4 is 40.4 Å². The Bertz CT molecular complexity index is 509. The molecule has 3 N–H and O–H groups in total. The molecule has 0 spiro atoms. The molecule has 0 aliphatic rings. The lowest BCUT2D eigenvalue weighted by atomic mass is 10.4. The summed E-state index contributed by atoms with van der Waals surface area (Å²) in [5, 5.41) is 4.83. The first-order valence-electron chi connectivity index (χ1n) is 4.42. The molecule has 0 aliphatic carbocycles. The van der Waals surface area contributed by atoms with Gasteiger partial charge in [0, 0.05) is 0 Å². The van der Waals surface area contributed by atoms with E-state index >= 15 is 0 Å². The fourth-order valence-electron chi connectivity index (χ4n) is 1.11. The van der Waals surface area contributed by atoms with Crippen LogP contribution in [0.1, 0.15) is 9.67 Å². The summed E-state index contributed by atoms with van der Waals surface area (Å²) in [6.45, 7) is 0. The maximum atomic E-state index is 11.7. The summed E-state index contributed by atoms with van der Waals surface area (Å²) >= 11 is 7.12. The smallest absolute Gasteiger partial charge is 0.268 e. The van der Waals surface area contributed by atoms with Crippen LogP contribution in [0.25, 0.3) is 0 Å². The van der Waals surface area contributed by atoms with E-state index in [4.69, 9.17) is 17.3 Å². The Kier molecular flexibility index (Phi) is 3.07. The molecule has 2 rings (SSSR count). The maximum Gasteiger partial charge on any atom is 0.268 e. The van der Waals surface area contributed by atoms with Crippen LogP contribution in [0.4, 0.5) is 11.5 Å². The number of nitrogens with one attached hydrogen (secondary N) is 1. The van der Waals surface area contributed by atoms with Gasteiger partial charge in [0.1, 0.15) is 10.7 Å². The van der Waals surface area contributed by atoms with Crippen LogP contribution in [0.5, 0.6) is 0 Å². The zero-order valence-corrected chi connectivity index (χ0v) is 9.68. The highest BCUT2D eigenvalue weighted by molar-refractivity contribution is 7.12. The normalized spacial score (nSPS) is 10.1. The number of hydrogen-bond acceptors (Lipinski definition) is 4. The van der Waals surface area contributed by atoms with Crippen molar-refractivity contribution in [2.75, 3.05) is 11.1 Å². The molecule has 2 heterocycles. The van der Waals surface area contributed by atoms with Gasteiger partial charge in [-0.05, 0) is 23.6 Å². The molecule has 0 unspecified atom stereocenters. The lowest BCUT2D eigenvalue weighted by Crippen LogP contribution is -2.11. The molecular weight excluding hydrogens is 246 g/mol. The van der Waals surface area contributed by atoms with Crippen molar-refractivity contribution in [2.45, 2.75) is 0 Å². The molecule has 82 valence electrons. The number of nitrogen functional groups attached to an aromatic ring is 1. The lowest BCUT2D eigenvalue weighted by molar-refractivity contribution is 0.103. The molecular formula is C10H8ClN3OS. The van der Waals surface area contributed by atoms with Gasteiger partial charge < -0.3 is 11.1 Å². The zero-order valence-electron chi connectivity index (χ0n) is 8.11. The van der Waals surface area contributed by atoms with E-state index in [0.29, 0.717) is 21.4 Å². The van der Waals surface area contributed by atoms with Crippen LogP contribution in [0.2, 0.25) is 5.02 Å². The first kappa shape index (κ1) is 10.9. The fourth-order valence-corrected chi connectivity index (χ4v) is 2.14. The van der Waals surface area contributed by atoms with E-state index in [1.807, 2.05) is 0 Å². The number of pyridine rings is 1. The highest BCUT2D eigenvalue weighted by atomic mass is 35.5. The molecule has 0 atom stereocenters. The second-order valence-electron chi connectivity index (χ2n) is 3.03. The Balaban J connectivity index is 2.14. The Hall–Kier alpha value is -1.59. The van der Waals surface area contributed by atoms with Crippen molar-refractivity contribution in [1.29, 1.82) is 0 Å². The van der Waals surface area contributed by atoms with E-state index in [-0.39, 0.29) is 5.91 Å². The van der Waals surface area contributed by atoms with E-state index < -0.39 is 0 Å². The number of halogens is 1. The van der Waals surface area contributed by atoms with Gasteiger partial charge in [0.2, 0.25) is 0 Å². The Morgan fingerprint density at radius 2 is 2.25 bits per heavy atom. The molecule has 0 fully saturated rings. The van der Waals surface area contributed by atoms with Crippen LogP contribution < -0.4 is 11.1 Å². The Morgan fingerprint density at radius 1 is 1.44 bits per heavy atom. The third-order valence-corrected chi connectivity index (χ3v) is 3.19. The number of carbonyl (C=O) groups is 1. The third kappa shape index (κ3) is 2.32. The molecule has 2 aromatic heterocycles. The van der Waals surface area contributed by atoms with E-state index in [1.54, 1.807) is 23.6 Å². The number of hydrogen-bond donors (Lipinski definition) is 2. The summed E-state index contributed by atoms with van der Waals surface area (Å²) in [6.07, 6.45) is 1.48. The Morgan fingerprint density at radius 3 is 2.81 bits per heavy atom. The van der Waals surface area contributed by atoms with Crippen LogP contribution in [0, 0.1) is 0 Å². The minimum Gasteiger partial charge on any atom is -0.397 e. The van der Waals surface area contributed by atoms with Gasteiger partial charge in [-0.25, -0.2) is 4.98 Å². The van der Waals surface area contributed by atoms with E-state index in [0.717, 1.165) is 0 Å². The van der Waals surface area contributed by atoms with Crippen LogP contribution >= 0.6 is 22.9 Å². The molecule has 0 saturated heterocycles. The van der Waals surface area contributed by atoms with Crippen LogP contribution in [0.15, 0.2) is 29.8 Å². The predicted octanol–water partition coefficient (Wildman–Crippen LogP) is 2.63. The molecule has 0 bridgehead atoms. The topological polar surface area (TPSA) is 68.0 Å². The van der Waals surface area contributed by atoms with Gasteiger partial charge >= 0.3 is 0 Å². The number of amides is 1. The predicted molar refractivity (Wildman–Crippen MR) is 65.9 cm³/mol. The van der Waals surface area contributed by atoms with Crippen molar-refractivity contribution in [3.05, 3.63) is 39.7 Å². The molecule has 2 aromatic rings. The molecule has 16 heavy (non-hydrogen) atoms. The quantitative estimate of drug-likeness (QED) is 0.865. The van der Waals surface area contributed by atoms with E-state index in [2.05, 4.69) is 10.3 Å². The van der Waals surface area contributed by atoms with Crippen LogP contribution in [0.3, 0.4) is 0 Å². The number of nitrogens with zero attached hydrogens (tertiary/aromatic N) is 1. The first-order valence-corrected chi connectivity index (χ1v) is 5.68. The molecule has 4 nitrogen and oxygen atoms in total. The standard InChI is InChI=1S/C10H8ClN3OS/c11-7-3-4-16-9(7)10(15)14-8-2-1-6(12)5-13-8/h1-5H,12H2,(H,13,14,15). The zero-order chi connectivity index (χ0) is 11.5. The van der Waals surface area contributed by atoms with Crippen molar-refractivity contribution in [1.82, 2.24) is 4.98 Å². The molecule has 6 heteroatoms. The van der Waals surface area contributed by atoms with Gasteiger partial charge in [0.25, 0.3) is 5.91 Å². The van der Waals surface area contributed by atoms with Gasteiger partial charge in [-0.15, -0.1) is 11.3 Å². The van der Waals surface area contributed by atoms with Crippen molar-refractivity contribution in [2.24, 2.45) is 0 Å². The largest absolute Gasteiger partial charge is 0.397 e.